The zero-order valence-corrected chi connectivity index (χ0v) is 20.8. The molecular weight excluding hydrogens is 499 g/mol. The number of hydrogen-bond donors (Lipinski definition) is 1. The zero-order chi connectivity index (χ0) is 26.6. The standard InChI is InChI=1S/C28H28F3N3O4/c1-15-10-18-11-19(12-23(15)34(18)24-9-8-17(13-32-24)27(35)36)37-14-21-25(33-38-26(21)16-6-7-16)20-4-2-3-5-22(20)28(29,30)31/h2-5,8-9,13,15-16,18-19,23H,6-7,10-12,14H2,1H3,(H,35,36)/t15-,18?,19?,23?/m1/s1. The number of anilines is 1. The quantitative estimate of drug-likeness (QED) is 0.386. The molecule has 3 aliphatic rings. The summed E-state index contributed by atoms with van der Waals surface area (Å²) in [7, 11) is 0. The Bertz CT molecular complexity index is 1340. The number of piperidine rings is 1. The third kappa shape index (κ3) is 4.55. The lowest BCUT2D eigenvalue weighted by Crippen LogP contribution is -2.47. The average molecular weight is 528 g/mol. The van der Waals surface area contributed by atoms with E-state index in [0.717, 1.165) is 44.0 Å². The first kappa shape index (κ1) is 24.9. The first-order valence-electron chi connectivity index (χ1n) is 12.9. The number of carbonyl (C=O) groups is 1. The normalized spacial score (nSPS) is 25.1. The van der Waals surface area contributed by atoms with E-state index in [1.165, 1.54) is 18.3 Å². The molecule has 1 aromatic carbocycles. The highest BCUT2D eigenvalue weighted by Crippen LogP contribution is 2.47. The smallest absolute Gasteiger partial charge is 0.417 e. The molecule has 2 aliphatic heterocycles. The van der Waals surface area contributed by atoms with E-state index in [0.29, 0.717) is 17.2 Å². The number of alkyl halides is 3. The van der Waals surface area contributed by atoms with Crippen LogP contribution in [0.25, 0.3) is 11.3 Å². The van der Waals surface area contributed by atoms with E-state index >= 15 is 0 Å². The van der Waals surface area contributed by atoms with Crippen molar-refractivity contribution in [1.82, 2.24) is 10.1 Å². The molecular formula is C28H28F3N3O4. The number of pyridine rings is 1. The monoisotopic (exact) mass is 527 g/mol. The van der Waals surface area contributed by atoms with E-state index in [1.54, 1.807) is 18.2 Å². The number of aromatic carboxylic acids is 1. The van der Waals surface area contributed by atoms with E-state index in [9.17, 15) is 23.1 Å². The van der Waals surface area contributed by atoms with Gasteiger partial charge in [-0.1, -0.05) is 30.3 Å². The van der Waals surface area contributed by atoms with Crippen LogP contribution in [0.1, 0.15) is 72.2 Å². The lowest BCUT2D eigenvalue weighted by Gasteiger charge is -2.40. The van der Waals surface area contributed by atoms with Crippen LogP contribution in [-0.4, -0.2) is 39.4 Å². The number of rotatable bonds is 7. The molecule has 3 aromatic rings. The minimum absolute atomic E-state index is 0.00800. The summed E-state index contributed by atoms with van der Waals surface area (Å²) in [6.07, 6.45) is 1.13. The predicted molar refractivity (Wildman–Crippen MR) is 132 cm³/mol. The fraction of sp³-hybridized carbons (Fsp3) is 0.464. The van der Waals surface area contributed by atoms with Crippen molar-refractivity contribution in [2.24, 2.45) is 5.92 Å². The van der Waals surface area contributed by atoms with Gasteiger partial charge >= 0.3 is 12.1 Å². The number of nitrogens with zero attached hydrogens (tertiary/aromatic N) is 3. The molecule has 7 nitrogen and oxygen atoms in total. The number of ether oxygens (including phenoxy) is 1. The highest BCUT2D eigenvalue weighted by atomic mass is 19.4. The van der Waals surface area contributed by atoms with Crippen LogP contribution in [0.4, 0.5) is 19.0 Å². The van der Waals surface area contributed by atoms with Gasteiger partial charge in [0.2, 0.25) is 0 Å². The van der Waals surface area contributed by atoms with Crippen LogP contribution < -0.4 is 4.90 Å². The van der Waals surface area contributed by atoms with Crippen LogP contribution in [0.2, 0.25) is 0 Å². The highest BCUT2D eigenvalue weighted by Gasteiger charge is 2.46. The van der Waals surface area contributed by atoms with Gasteiger partial charge in [-0.05, 0) is 56.2 Å². The molecule has 1 N–H and O–H groups in total. The molecule has 0 radical (unpaired) electrons. The van der Waals surface area contributed by atoms with E-state index in [2.05, 4.69) is 22.0 Å². The van der Waals surface area contributed by atoms with Gasteiger partial charge in [0.15, 0.2) is 0 Å². The minimum atomic E-state index is -4.51. The van der Waals surface area contributed by atoms with Gasteiger partial charge in [-0.3, -0.25) is 0 Å². The molecule has 3 unspecified atom stereocenters. The second kappa shape index (κ2) is 9.41. The summed E-state index contributed by atoms with van der Waals surface area (Å²) in [5.41, 5.74) is 0.233. The molecule has 2 aromatic heterocycles. The summed E-state index contributed by atoms with van der Waals surface area (Å²) in [6.45, 7) is 2.34. The van der Waals surface area contributed by atoms with E-state index in [1.807, 2.05) is 0 Å². The maximum Gasteiger partial charge on any atom is 0.417 e. The van der Waals surface area contributed by atoms with Crippen LogP contribution in [0.15, 0.2) is 47.1 Å². The lowest BCUT2D eigenvalue weighted by molar-refractivity contribution is -0.137. The number of halogens is 3. The van der Waals surface area contributed by atoms with Gasteiger partial charge in [0.1, 0.15) is 17.3 Å². The number of benzene rings is 1. The molecule has 0 spiro atoms. The van der Waals surface area contributed by atoms with Gasteiger partial charge in [-0.2, -0.15) is 13.2 Å². The Morgan fingerprint density at radius 3 is 2.61 bits per heavy atom. The summed E-state index contributed by atoms with van der Waals surface area (Å²) in [5.74, 6) is 0.957. The van der Waals surface area contributed by atoms with Crippen molar-refractivity contribution in [3.63, 3.8) is 0 Å². The Labute approximate surface area is 217 Å². The number of carboxylic acids is 1. The van der Waals surface area contributed by atoms with Crippen molar-refractivity contribution in [1.29, 1.82) is 0 Å². The maximum atomic E-state index is 13.8. The van der Waals surface area contributed by atoms with Gasteiger partial charge in [-0.15, -0.1) is 0 Å². The topological polar surface area (TPSA) is 88.7 Å². The predicted octanol–water partition coefficient (Wildman–Crippen LogP) is 6.29. The molecule has 200 valence electrons. The Hall–Kier alpha value is -3.40. The van der Waals surface area contributed by atoms with Crippen LogP contribution in [0, 0.1) is 5.92 Å². The lowest BCUT2D eigenvalue weighted by atomic mass is 9.96. The molecule has 6 rings (SSSR count). The third-order valence-electron chi connectivity index (χ3n) is 8.07. The van der Waals surface area contributed by atoms with Crippen molar-refractivity contribution in [3.8, 4) is 11.3 Å². The second-order valence-corrected chi connectivity index (χ2v) is 10.6. The fourth-order valence-electron chi connectivity index (χ4n) is 6.11. The van der Waals surface area contributed by atoms with Crippen molar-refractivity contribution in [3.05, 3.63) is 65.0 Å². The SMILES string of the molecule is C[C@@H]1CC2CC(OCc3c(-c4ccccc4C(F)(F)F)noc3C3CC3)CC1N2c1ccc(C(=O)O)cn1. The van der Waals surface area contributed by atoms with Gasteiger partial charge in [0, 0.05) is 35.3 Å². The van der Waals surface area contributed by atoms with E-state index in [-0.39, 0.29) is 47.5 Å². The van der Waals surface area contributed by atoms with Crippen molar-refractivity contribution < 1.29 is 32.3 Å². The van der Waals surface area contributed by atoms with Crippen LogP contribution in [0.3, 0.4) is 0 Å². The second-order valence-electron chi connectivity index (χ2n) is 10.6. The first-order valence-corrected chi connectivity index (χ1v) is 12.9. The Kier molecular flexibility index (Phi) is 6.17. The molecule has 0 amide bonds. The van der Waals surface area contributed by atoms with E-state index < -0.39 is 17.7 Å². The van der Waals surface area contributed by atoms with Gasteiger partial charge in [0.25, 0.3) is 0 Å². The fourth-order valence-corrected chi connectivity index (χ4v) is 6.11. The summed E-state index contributed by atoms with van der Waals surface area (Å²) in [6, 6.07) is 9.15. The first-order chi connectivity index (χ1) is 18.2. The Morgan fingerprint density at radius 2 is 1.95 bits per heavy atom. The average Bonchev–Trinajstić information content (AvgIpc) is 3.61. The molecule has 1 aliphatic carbocycles. The maximum absolute atomic E-state index is 13.8. The minimum Gasteiger partial charge on any atom is -0.478 e. The van der Waals surface area contributed by atoms with Crippen LogP contribution in [0.5, 0.6) is 0 Å². The van der Waals surface area contributed by atoms with Crippen molar-refractivity contribution in [2.45, 2.75) is 75.9 Å². The Balaban J connectivity index is 1.22. The third-order valence-corrected chi connectivity index (χ3v) is 8.07. The summed E-state index contributed by atoms with van der Waals surface area (Å²) < 4.78 is 53.3. The molecule has 2 saturated heterocycles. The Morgan fingerprint density at radius 1 is 1.16 bits per heavy atom. The number of aromatic nitrogens is 2. The molecule has 3 fully saturated rings. The van der Waals surface area contributed by atoms with Gasteiger partial charge in [0.05, 0.1) is 23.8 Å². The highest BCUT2D eigenvalue weighted by molar-refractivity contribution is 5.87. The molecule has 38 heavy (non-hydrogen) atoms. The molecule has 2 bridgehead atoms. The van der Waals surface area contributed by atoms with E-state index in [4.69, 9.17) is 9.26 Å². The number of hydrogen-bond acceptors (Lipinski definition) is 6. The van der Waals surface area contributed by atoms with Crippen LogP contribution in [-0.2, 0) is 17.5 Å². The van der Waals surface area contributed by atoms with Crippen LogP contribution >= 0.6 is 0 Å². The zero-order valence-electron chi connectivity index (χ0n) is 20.8. The van der Waals surface area contributed by atoms with Crippen molar-refractivity contribution >= 4 is 11.8 Å². The van der Waals surface area contributed by atoms with Gasteiger partial charge < -0.3 is 19.3 Å². The molecule has 4 atom stereocenters. The summed E-state index contributed by atoms with van der Waals surface area (Å²) in [5, 5.41) is 13.3. The number of fused-ring (bicyclic) bond motifs is 2. The molecule has 10 heteroatoms. The largest absolute Gasteiger partial charge is 0.478 e. The number of carboxylic acid groups (broad SMARTS) is 1. The summed E-state index contributed by atoms with van der Waals surface area (Å²) >= 11 is 0. The molecule has 4 heterocycles. The molecule has 1 saturated carbocycles. The van der Waals surface area contributed by atoms with Gasteiger partial charge in [-0.25, -0.2) is 9.78 Å². The summed E-state index contributed by atoms with van der Waals surface area (Å²) in [4.78, 5) is 17.9. The van der Waals surface area contributed by atoms with Crippen molar-refractivity contribution in [2.75, 3.05) is 4.90 Å².